The molecule has 7 unspecified atom stereocenters. The molecular weight excluding hydrogens is 514 g/mol. The van der Waals surface area contributed by atoms with Gasteiger partial charge in [-0.25, -0.2) is 4.79 Å². The Morgan fingerprint density at radius 1 is 1.05 bits per heavy atom. The lowest BCUT2D eigenvalue weighted by molar-refractivity contribution is -0.526. The van der Waals surface area contributed by atoms with Crippen molar-refractivity contribution in [2.45, 2.75) is 128 Å². The maximum absolute atomic E-state index is 13.7. The Morgan fingerprint density at radius 3 is 2.26 bits per heavy atom. The molecule has 11 heteroatoms. The molecule has 214 valence electrons. The first-order valence-electron chi connectivity index (χ1n) is 13.9. The first-order chi connectivity index (χ1) is 17.8. The van der Waals surface area contributed by atoms with Crippen LogP contribution in [0, 0.1) is 27.4 Å². The number of rotatable bonds is 8. The first kappa shape index (κ1) is 30.3. The Hall–Kier alpha value is -2.23. The summed E-state index contributed by atoms with van der Waals surface area (Å²) in [6.07, 6.45) is 4.88. The van der Waals surface area contributed by atoms with Gasteiger partial charge >= 0.3 is 6.09 Å². The van der Waals surface area contributed by atoms with Crippen molar-refractivity contribution in [1.29, 1.82) is 0 Å². The van der Waals surface area contributed by atoms with E-state index in [0.29, 0.717) is 32.1 Å². The van der Waals surface area contributed by atoms with Crippen LogP contribution < -0.4 is 5.32 Å². The van der Waals surface area contributed by atoms with E-state index in [4.69, 9.17) is 16.3 Å². The highest BCUT2D eigenvalue weighted by atomic mass is 35.5. The molecule has 0 aliphatic heterocycles. The molecule has 0 aromatic carbocycles. The molecule has 10 nitrogen and oxygen atoms in total. The van der Waals surface area contributed by atoms with Gasteiger partial charge < -0.3 is 19.7 Å². The van der Waals surface area contributed by atoms with Crippen LogP contribution in [0.4, 0.5) is 4.79 Å². The lowest BCUT2D eigenvalue weighted by atomic mass is 9.78. The van der Waals surface area contributed by atoms with Crippen LogP contribution in [0.25, 0.3) is 0 Å². The number of nitrogens with zero attached hydrogens (tertiary/aromatic N) is 2. The minimum absolute atomic E-state index is 0.0450. The molecule has 0 spiro atoms. The number of aldehydes is 1. The van der Waals surface area contributed by atoms with Gasteiger partial charge in [0.05, 0.1) is 11.4 Å². The van der Waals surface area contributed by atoms with Gasteiger partial charge in [-0.2, -0.15) is 0 Å². The minimum Gasteiger partial charge on any atom is -0.428 e. The van der Waals surface area contributed by atoms with Gasteiger partial charge in [-0.05, 0) is 44.4 Å². The summed E-state index contributed by atoms with van der Waals surface area (Å²) >= 11 is 6.39. The highest BCUT2D eigenvalue weighted by Gasteiger charge is 2.44. The third kappa shape index (κ3) is 7.24. The van der Waals surface area contributed by atoms with Crippen molar-refractivity contribution in [3.05, 3.63) is 10.1 Å². The Kier molecular flexibility index (Phi) is 10.2. The predicted octanol–water partition coefficient (Wildman–Crippen LogP) is 4.28. The maximum atomic E-state index is 13.7. The summed E-state index contributed by atoms with van der Waals surface area (Å²) in [4.78, 5) is 64.6. The van der Waals surface area contributed by atoms with Crippen molar-refractivity contribution in [1.82, 2.24) is 10.2 Å². The summed E-state index contributed by atoms with van der Waals surface area (Å²) in [5, 5.41) is 13.5. The first-order valence-corrected chi connectivity index (χ1v) is 14.3. The van der Waals surface area contributed by atoms with E-state index in [9.17, 15) is 29.3 Å². The number of Topliss-reactive ketones (excluding diaryl/α,β-unsaturated/α-hetero) is 1. The zero-order valence-electron chi connectivity index (χ0n) is 22.9. The monoisotopic (exact) mass is 555 g/mol. The van der Waals surface area contributed by atoms with E-state index < -0.39 is 46.8 Å². The van der Waals surface area contributed by atoms with Crippen LogP contribution in [-0.2, 0) is 19.1 Å². The normalized spacial score (nSPS) is 31.2. The smallest absolute Gasteiger partial charge is 0.411 e. The number of ketones is 1. The molecule has 0 aromatic heterocycles. The van der Waals surface area contributed by atoms with Crippen molar-refractivity contribution >= 4 is 35.7 Å². The van der Waals surface area contributed by atoms with Gasteiger partial charge in [-0.15, -0.1) is 11.6 Å². The second-order valence-electron chi connectivity index (χ2n) is 12.4. The zero-order chi connectivity index (χ0) is 28.2. The molecule has 1 N–H and O–H groups in total. The summed E-state index contributed by atoms with van der Waals surface area (Å²) in [6, 6.07) is -1.74. The number of nitro groups is 1. The van der Waals surface area contributed by atoms with Crippen molar-refractivity contribution in [3.63, 3.8) is 0 Å². The second kappa shape index (κ2) is 12.7. The summed E-state index contributed by atoms with van der Waals surface area (Å²) < 4.78 is 5.75. The van der Waals surface area contributed by atoms with Crippen LogP contribution in [0.15, 0.2) is 0 Å². The molecule has 0 saturated heterocycles. The van der Waals surface area contributed by atoms with E-state index in [-0.39, 0.29) is 35.3 Å². The van der Waals surface area contributed by atoms with Crippen molar-refractivity contribution in [3.8, 4) is 0 Å². The van der Waals surface area contributed by atoms with Gasteiger partial charge in [-0.1, -0.05) is 40.5 Å². The Balaban J connectivity index is 1.81. The fourth-order valence-corrected chi connectivity index (χ4v) is 6.41. The Morgan fingerprint density at radius 2 is 1.71 bits per heavy atom. The molecule has 2 amide bonds. The number of hydrogen-bond donors (Lipinski definition) is 1. The highest BCUT2D eigenvalue weighted by molar-refractivity contribution is 6.21. The van der Waals surface area contributed by atoms with Gasteiger partial charge in [-0.3, -0.25) is 19.7 Å². The summed E-state index contributed by atoms with van der Waals surface area (Å²) in [7, 11) is 0. The van der Waals surface area contributed by atoms with Crippen molar-refractivity contribution in [2.75, 3.05) is 0 Å². The van der Waals surface area contributed by atoms with Gasteiger partial charge in [0.2, 0.25) is 12.1 Å². The topological polar surface area (TPSA) is 136 Å². The molecule has 38 heavy (non-hydrogen) atoms. The number of ether oxygens (including phenoxy) is 1. The van der Waals surface area contributed by atoms with Crippen LogP contribution in [0.3, 0.4) is 0 Å². The second-order valence-corrected chi connectivity index (χ2v) is 12.9. The number of alkyl halides is 1. The number of hydrogen-bond acceptors (Lipinski definition) is 7. The average molecular weight is 556 g/mol. The number of carbonyl (C=O) groups is 4. The van der Waals surface area contributed by atoms with Crippen LogP contribution in [-0.4, -0.2) is 69.5 Å². The summed E-state index contributed by atoms with van der Waals surface area (Å²) in [5.41, 5.74) is -0.979. The Bertz CT molecular complexity index is 902. The van der Waals surface area contributed by atoms with Gasteiger partial charge in [0.1, 0.15) is 6.29 Å². The van der Waals surface area contributed by atoms with Crippen LogP contribution in [0.2, 0.25) is 0 Å². The molecular formula is C27H42ClN3O7. The van der Waals surface area contributed by atoms with E-state index in [1.54, 1.807) is 25.7 Å². The van der Waals surface area contributed by atoms with Crippen molar-refractivity contribution < 1.29 is 28.8 Å². The maximum Gasteiger partial charge on any atom is 0.411 e. The summed E-state index contributed by atoms with van der Waals surface area (Å²) in [6.45, 7) is 6.95. The largest absolute Gasteiger partial charge is 0.428 e. The van der Waals surface area contributed by atoms with E-state index in [0.717, 1.165) is 32.0 Å². The quantitative estimate of drug-likeness (QED) is 0.155. The highest BCUT2D eigenvalue weighted by Crippen LogP contribution is 2.36. The molecule has 0 aromatic rings. The molecule has 3 rings (SSSR count). The lowest BCUT2D eigenvalue weighted by Gasteiger charge is -2.41. The average Bonchev–Trinajstić information content (AvgIpc) is 3.37. The number of nitrogens with one attached hydrogen (secondary N) is 1. The molecule has 3 aliphatic rings. The minimum atomic E-state index is -1.70. The predicted molar refractivity (Wildman–Crippen MR) is 141 cm³/mol. The van der Waals surface area contributed by atoms with Gasteiger partial charge in [0, 0.05) is 41.2 Å². The van der Waals surface area contributed by atoms with Crippen LogP contribution in [0.5, 0.6) is 0 Å². The van der Waals surface area contributed by atoms with Crippen molar-refractivity contribution in [2.24, 2.45) is 17.3 Å². The lowest BCUT2D eigenvalue weighted by Crippen LogP contribution is -2.56. The van der Waals surface area contributed by atoms with Gasteiger partial charge in [0.15, 0.2) is 5.78 Å². The van der Waals surface area contributed by atoms with E-state index in [1.165, 1.54) is 0 Å². The third-order valence-electron chi connectivity index (χ3n) is 8.50. The SMILES string of the molecule is CC1CC(N(C(=O)OC(C(=O)NC2CC([N+](=O)[O-])CCC2Cl)C(=O)C(C)(C)C)C2CCCC2)CCC1C=O. The zero-order valence-corrected chi connectivity index (χ0v) is 23.7. The fraction of sp³-hybridized carbons (Fsp3) is 0.852. The molecule has 0 heterocycles. The fourth-order valence-electron chi connectivity index (χ4n) is 6.12. The number of carbonyl (C=O) groups excluding carboxylic acids is 4. The van der Waals surface area contributed by atoms with Crippen LogP contribution >= 0.6 is 11.6 Å². The van der Waals surface area contributed by atoms with Gasteiger partial charge in [0.25, 0.3) is 5.91 Å². The molecule has 0 bridgehead atoms. The molecule has 3 aliphatic carbocycles. The molecule has 3 fully saturated rings. The molecule has 7 atom stereocenters. The van der Waals surface area contributed by atoms with E-state index >= 15 is 0 Å². The molecule has 0 radical (unpaired) electrons. The third-order valence-corrected chi connectivity index (χ3v) is 9.03. The van der Waals surface area contributed by atoms with E-state index in [2.05, 4.69) is 5.32 Å². The van der Waals surface area contributed by atoms with Crippen LogP contribution in [0.1, 0.15) is 91.9 Å². The molecule has 3 saturated carbocycles. The number of amides is 2. The summed E-state index contributed by atoms with van der Waals surface area (Å²) in [5.74, 6) is -1.29. The Labute approximate surface area is 229 Å². The standard InChI is InChI=1S/C27H42ClN3O7/c1-16-13-19(10-9-17(16)15-32)30(18-7-5-6-8-18)26(35)38-23(24(33)27(2,3)4)25(34)29-22-14-20(31(36)37)11-12-21(22)28/h15-23H,5-14H2,1-4H3,(H,29,34). The van der Waals surface area contributed by atoms with E-state index in [1.807, 2.05) is 6.92 Å². The number of halogens is 1.